The molecule has 2 aliphatic heterocycles. The van der Waals surface area contributed by atoms with Crippen LogP contribution in [0, 0.1) is 0 Å². The van der Waals surface area contributed by atoms with E-state index in [2.05, 4.69) is 72.2 Å². The molecule has 31 heavy (non-hydrogen) atoms. The molecule has 4 rings (SSSR count). The molecule has 7 heteroatoms. The van der Waals surface area contributed by atoms with E-state index in [0.717, 1.165) is 34.6 Å². The highest BCUT2D eigenvalue weighted by molar-refractivity contribution is 7.51. The Kier molecular flexibility index (Phi) is 5.55. The summed E-state index contributed by atoms with van der Waals surface area (Å²) in [5, 5.41) is 0. The zero-order chi connectivity index (χ0) is 22.4. The number of hydrogen-bond donors (Lipinski definition) is 2. The van der Waals surface area contributed by atoms with Gasteiger partial charge in [-0.2, -0.15) is 0 Å². The van der Waals surface area contributed by atoms with Crippen molar-refractivity contribution in [3.63, 3.8) is 0 Å². The van der Waals surface area contributed by atoms with Crippen molar-refractivity contribution in [2.75, 3.05) is 43.2 Å². The summed E-state index contributed by atoms with van der Waals surface area (Å²) in [4.78, 5) is 22.9. The third-order valence-corrected chi connectivity index (χ3v) is 7.37. The fourth-order valence-electron chi connectivity index (χ4n) is 4.74. The van der Waals surface area contributed by atoms with Gasteiger partial charge in [-0.15, -0.1) is 0 Å². The van der Waals surface area contributed by atoms with Crippen molar-refractivity contribution >= 4 is 25.0 Å². The van der Waals surface area contributed by atoms with Gasteiger partial charge < -0.3 is 24.3 Å². The first-order valence-electron chi connectivity index (χ1n) is 10.6. The minimum Gasteiger partial charge on any atom is -0.378 e. The summed E-state index contributed by atoms with van der Waals surface area (Å²) in [7, 11) is 0.0371. The number of rotatable bonds is 6. The van der Waals surface area contributed by atoms with Gasteiger partial charge >= 0.3 is 7.60 Å². The third-order valence-electron chi connectivity index (χ3n) is 6.56. The Labute approximate surface area is 184 Å². The quantitative estimate of drug-likeness (QED) is 0.659. The number of anilines is 2. The number of fused-ring (bicyclic) bond motifs is 3. The van der Waals surface area contributed by atoms with Crippen LogP contribution in [0.25, 0.3) is 6.08 Å². The molecular weight excluding hydrogens is 411 g/mol. The lowest BCUT2D eigenvalue weighted by Crippen LogP contribution is -2.51. The van der Waals surface area contributed by atoms with Crippen molar-refractivity contribution in [2.24, 2.45) is 0 Å². The minimum absolute atomic E-state index is 0.138. The molecular formula is C24H31N2O4P. The second-order valence-electron chi connectivity index (χ2n) is 9.13. The Morgan fingerprint density at radius 3 is 2.52 bits per heavy atom. The van der Waals surface area contributed by atoms with E-state index in [0.29, 0.717) is 13.0 Å². The van der Waals surface area contributed by atoms with Crippen molar-refractivity contribution < 1.29 is 19.1 Å². The van der Waals surface area contributed by atoms with E-state index in [4.69, 9.17) is 4.74 Å². The maximum absolute atomic E-state index is 11.3. The normalized spacial score (nSPS) is 22.1. The van der Waals surface area contributed by atoms with Gasteiger partial charge in [-0.3, -0.25) is 4.57 Å². The molecule has 0 aliphatic carbocycles. The molecule has 2 aromatic rings. The molecule has 6 nitrogen and oxygen atoms in total. The predicted octanol–water partition coefficient (Wildman–Crippen LogP) is 4.01. The lowest BCUT2D eigenvalue weighted by atomic mass is 9.76. The van der Waals surface area contributed by atoms with Gasteiger partial charge in [0.05, 0.1) is 12.8 Å². The van der Waals surface area contributed by atoms with Gasteiger partial charge in [0.15, 0.2) is 5.72 Å². The average Bonchev–Trinajstić information content (AvgIpc) is 3.22. The van der Waals surface area contributed by atoms with E-state index in [-0.39, 0.29) is 11.6 Å². The van der Waals surface area contributed by atoms with E-state index in [9.17, 15) is 14.4 Å². The number of benzene rings is 2. The molecule has 1 atom stereocenters. The van der Waals surface area contributed by atoms with Crippen LogP contribution < -0.4 is 9.80 Å². The largest absolute Gasteiger partial charge is 0.378 e. The Hall–Kier alpha value is -2.11. The van der Waals surface area contributed by atoms with Gasteiger partial charge in [-0.1, -0.05) is 44.2 Å². The SMILES string of the molecule is CN(C)c1ccc(C=CC23OCCN2c2ccc(CCP(=O)(O)O)cc2C3(C)C)cc1. The van der Waals surface area contributed by atoms with Crippen LogP contribution in [0.3, 0.4) is 0 Å². The Bertz CT molecular complexity index is 1040. The van der Waals surface area contributed by atoms with Gasteiger partial charge in [0, 0.05) is 37.4 Å². The Balaban J connectivity index is 1.66. The van der Waals surface area contributed by atoms with Crippen LogP contribution in [0.5, 0.6) is 0 Å². The lowest BCUT2D eigenvalue weighted by Gasteiger charge is -2.39. The summed E-state index contributed by atoms with van der Waals surface area (Å²) < 4.78 is 17.7. The molecule has 0 aromatic heterocycles. The first kappa shape index (κ1) is 22.1. The summed E-state index contributed by atoms with van der Waals surface area (Å²) in [6, 6.07) is 14.6. The Morgan fingerprint density at radius 1 is 1.16 bits per heavy atom. The van der Waals surface area contributed by atoms with Gasteiger partial charge in [0.2, 0.25) is 0 Å². The molecule has 2 N–H and O–H groups in total. The molecule has 0 spiro atoms. The second-order valence-corrected chi connectivity index (χ2v) is 10.9. The highest BCUT2D eigenvalue weighted by Crippen LogP contribution is 2.55. The third kappa shape index (κ3) is 3.94. The lowest BCUT2D eigenvalue weighted by molar-refractivity contribution is 0.000325. The number of aryl methyl sites for hydroxylation is 1. The first-order valence-corrected chi connectivity index (χ1v) is 12.4. The van der Waals surface area contributed by atoms with Crippen LogP contribution in [0.15, 0.2) is 48.5 Å². The van der Waals surface area contributed by atoms with E-state index >= 15 is 0 Å². The number of nitrogens with zero attached hydrogens (tertiary/aromatic N) is 2. The molecule has 0 radical (unpaired) electrons. The van der Waals surface area contributed by atoms with Crippen molar-refractivity contribution in [1.29, 1.82) is 0 Å². The van der Waals surface area contributed by atoms with Crippen LogP contribution in [0.2, 0.25) is 0 Å². The van der Waals surface area contributed by atoms with Crippen LogP contribution >= 0.6 is 7.60 Å². The van der Waals surface area contributed by atoms with E-state index in [1.165, 1.54) is 0 Å². The van der Waals surface area contributed by atoms with Gasteiger partial charge in [0.1, 0.15) is 0 Å². The molecule has 2 heterocycles. The van der Waals surface area contributed by atoms with Gasteiger partial charge in [-0.25, -0.2) is 0 Å². The maximum Gasteiger partial charge on any atom is 0.325 e. The van der Waals surface area contributed by atoms with Crippen LogP contribution in [0.1, 0.15) is 30.5 Å². The Morgan fingerprint density at radius 2 is 1.87 bits per heavy atom. The fraction of sp³-hybridized carbons (Fsp3) is 0.417. The monoisotopic (exact) mass is 442 g/mol. The van der Waals surface area contributed by atoms with Gasteiger partial charge in [-0.05, 0) is 47.4 Å². The fourth-order valence-corrected chi connectivity index (χ4v) is 5.28. The molecule has 2 aromatic carbocycles. The molecule has 166 valence electrons. The summed E-state index contributed by atoms with van der Waals surface area (Å²) in [6.45, 7) is 5.84. The highest BCUT2D eigenvalue weighted by atomic mass is 31.2. The van der Waals surface area contributed by atoms with Gasteiger partial charge in [0.25, 0.3) is 0 Å². The molecule has 0 amide bonds. The summed E-state index contributed by atoms with van der Waals surface area (Å²) in [5.41, 5.74) is 4.59. The molecule has 1 fully saturated rings. The second kappa shape index (κ2) is 7.79. The smallest absolute Gasteiger partial charge is 0.325 e. The van der Waals surface area contributed by atoms with Crippen LogP contribution in [-0.2, 0) is 21.1 Å². The van der Waals surface area contributed by atoms with Crippen molar-refractivity contribution in [2.45, 2.75) is 31.4 Å². The molecule has 0 saturated carbocycles. The number of ether oxygens (including phenoxy) is 1. The predicted molar refractivity (Wildman–Crippen MR) is 126 cm³/mol. The molecule has 1 saturated heterocycles. The van der Waals surface area contributed by atoms with Crippen LogP contribution in [0.4, 0.5) is 11.4 Å². The maximum atomic E-state index is 11.3. The van der Waals surface area contributed by atoms with Crippen molar-refractivity contribution in [1.82, 2.24) is 0 Å². The summed E-state index contributed by atoms with van der Waals surface area (Å²) in [6.07, 6.45) is 4.51. The molecule has 0 bridgehead atoms. The first-order chi connectivity index (χ1) is 14.5. The standard InChI is InChI=1S/C24H31N2O4P/c1-23(2)21-17-19(12-16-31(27,28)29)7-10-22(21)26-14-15-30-24(23,26)13-11-18-5-8-20(9-6-18)25(3)4/h5-11,13,17H,12,14-16H2,1-4H3,(H2,27,28,29). The highest BCUT2D eigenvalue weighted by Gasteiger charge is 2.59. The zero-order valence-corrected chi connectivity index (χ0v) is 19.5. The minimum atomic E-state index is -4.02. The van der Waals surface area contributed by atoms with Crippen molar-refractivity contribution in [3.8, 4) is 0 Å². The van der Waals surface area contributed by atoms with E-state index in [1.807, 2.05) is 20.2 Å². The van der Waals surface area contributed by atoms with E-state index in [1.54, 1.807) is 0 Å². The molecule has 1 unspecified atom stereocenters. The molecule has 2 aliphatic rings. The van der Waals surface area contributed by atoms with Crippen LogP contribution in [-0.4, -0.2) is 48.9 Å². The topological polar surface area (TPSA) is 73.2 Å². The zero-order valence-electron chi connectivity index (χ0n) is 18.6. The summed E-state index contributed by atoms with van der Waals surface area (Å²) >= 11 is 0. The van der Waals surface area contributed by atoms with E-state index < -0.39 is 13.3 Å². The summed E-state index contributed by atoms with van der Waals surface area (Å²) in [5.74, 6) is 0. The van der Waals surface area contributed by atoms with Crippen molar-refractivity contribution in [3.05, 3.63) is 65.2 Å². The number of hydrogen-bond acceptors (Lipinski definition) is 4. The average molecular weight is 442 g/mol.